The van der Waals surface area contributed by atoms with Crippen molar-refractivity contribution >= 4 is 37.4 Å². The van der Waals surface area contributed by atoms with Gasteiger partial charge in [0.15, 0.2) is 0 Å². The summed E-state index contributed by atoms with van der Waals surface area (Å²) < 4.78 is 44.0. The molecular weight excluding hydrogens is 403 g/mol. The van der Waals surface area contributed by atoms with Crippen LogP contribution in [0.4, 0.5) is 4.39 Å². The van der Waals surface area contributed by atoms with Gasteiger partial charge in [0.05, 0.1) is 16.1 Å². The molecule has 0 saturated heterocycles. The second kappa shape index (κ2) is 6.78. The number of likely N-dealkylation sites (N-methyl/N-ethyl adjacent to an activating group) is 1. The van der Waals surface area contributed by atoms with Gasteiger partial charge in [0.1, 0.15) is 5.82 Å². The molecule has 154 valence electrons. The first-order chi connectivity index (χ1) is 14.3. The first-order valence-electron chi connectivity index (χ1n) is 9.71. The molecule has 8 heteroatoms. The number of benzene rings is 2. The molecule has 0 atom stereocenters. The molecule has 3 heterocycles. The van der Waals surface area contributed by atoms with Gasteiger partial charge in [-0.1, -0.05) is 12.1 Å². The Kier molecular flexibility index (Phi) is 4.30. The van der Waals surface area contributed by atoms with Crippen molar-refractivity contribution in [2.24, 2.45) is 7.05 Å². The molecule has 0 fully saturated rings. The molecule has 2 aromatic heterocycles. The minimum atomic E-state index is -3.96. The van der Waals surface area contributed by atoms with E-state index < -0.39 is 15.8 Å². The van der Waals surface area contributed by atoms with Crippen molar-refractivity contribution in [2.75, 3.05) is 20.1 Å². The summed E-state index contributed by atoms with van der Waals surface area (Å²) in [5, 5.41) is 5.95. The first kappa shape index (κ1) is 19.0. The van der Waals surface area contributed by atoms with Crippen LogP contribution in [0.25, 0.3) is 27.4 Å². The maximum Gasteiger partial charge on any atom is 0.283 e. The highest BCUT2D eigenvalue weighted by Crippen LogP contribution is 2.31. The van der Waals surface area contributed by atoms with Crippen LogP contribution in [0.3, 0.4) is 0 Å². The van der Waals surface area contributed by atoms with E-state index in [0.29, 0.717) is 16.6 Å². The van der Waals surface area contributed by atoms with E-state index in [4.69, 9.17) is 0 Å². The van der Waals surface area contributed by atoms with Crippen LogP contribution < -0.4 is 0 Å². The molecule has 0 unspecified atom stereocenters. The molecule has 0 amide bonds. The van der Waals surface area contributed by atoms with Gasteiger partial charge in [0, 0.05) is 37.2 Å². The maximum absolute atomic E-state index is 14.0. The largest absolute Gasteiger partial charge is 0.351 e. The molecule has 5 rings (SSSR count). The third kappa shape index (κ3) is 2.95. The number of aryl methyl sites for hydroxylation is 1. The summed E-state index contributed by atoms with van der Waals surface area (Å²) >= 11 is 0. The highest BCUT2D eigenvalue weighted by Gasteiger charge is 2.26. The SMILES string of the molecule is CN1CC=C(c2nn(S(=O)(=O)c3ccc4ccn(C)c4c3)c3ccc(F)cc23)CC1. The van der Waals surface area contributed by atoms with E-state index in [1.807, 2.05) is 37.0 Å². The van der Waals surface area contributed by atoms with Crippen LogP contribution >= 0.6 is 0 Å². The molecule has 30 heavy (non-hydrogen) atoms. The van der Waals surface area contributed by atoms with Gasteiger partial charge in [0.2, 0.25) is 0 Å². The lowest BCUT2D eigenvalue weighted by Gasteiger charge is -2.21. The van der Waals surface area contributed by atoms with Crippen molar-refractivity contribution in [1.82, 2.24) is 18.7 Å². The van der Waals surface area contributed by atoms with E-state index in [-0.39, 0.29) is 4.90 Å². The van der Waals surface area contributed by atoms with Crippen LogP contribution in [0, 0.1) is 5.82 Å². The number of fused-ring (bicyclic) bond motifs is 2. The van der Waals surface area contributed by atoms with Gasteiger partial charge in [-0.05, 0) is 60.8 Å². The van der Waals surface area contributed by atoms with E-state index in [1.165, 1.54) is 18.2 Å². The minimum Gasteiger partial charge on any atom is -0.351 e. The Labute approximate surface area is 173 Å². The van der Waals surface area contributed by atoms with E-state index >= 15 is 0 Å². The lowest BCUT2D eigenvalue weighted by molar-refractivity contribution is 0.370. The Morgan fingerprint density at radius 1 is 1.03 bits per heavy atom. The van der Waals surface area contributed by atoms with Crippen LogP contribution in [0.1, 0.15) is 12.1 Å². The summed E-state index contributed by atoms with van der Waals surface area (Å²) in [6.45, 7) is 1.59. The average molecular weight is 425 g/mol. The fraction of sp³-hybridized carbons (Fsp3) is 0.227. The molecule has 0 radical (unpaired) electrons. The third-order valence-corrected chi connectivity index (χ3v) is 7.30. The molecule has 4 aromatic rings. The van der Waals surface area contributed by atoms with Gasteiger partial charge in [-0.25, -0.2) is 4.39 Å². The fourth-order valence-electron chi connectivity index (χ4n) is 3.97. The second-order valence-corrected chi connectivity index (χ2v) is 9.51. The lowest BCUT2D eigenvalue weighted by atomic mass is 10.0. The third-order valence-electron chi connectivity index (χ3n) is 5.71. The van der Waals surface area contributed by atoms with Crippen LogP contribution in [-0.4, -0.2) is 47.2 Å². The monoisotopic (exact) mass is 424 g/mol. The number of nitrogens with zero attached hydrogens (tertiary/aromatic N) is 4. The molecule has 0 N–H and O–H groups in total. The smallest absolute Gasteiger partial charge is 0.283 e. The standard InChI is InChI=1S/C22H21FN4O2S/c1-25-10-7-16(8-11-25)22-19-13-17(23)4-6-20(19)27(24-22)30(28,29)18-5-3-15-9-12-26(2)21(15)14-18/h3-7,9,12-14H,8,10-11H2,1-2H3. The van der Waals surface area contributed by atoms with Crippen molar-refractivity contribution in [3.05, 3.63) is 66.2 Å². The predicted octanol–water partition coefficient (Wildman–Crippen LogP) is 3.62. The molecule has 6 nitrogen and oxygen atoms in total. The number of hydrogen-bond acceptors (Lipinski definition) is 4. The Bertz CT molecular complexity index is 1430. The minimum absolute atomic E-state index is 0.148. The molecule has 1 aliphatic rings. The zero-order valence-corrected chi connectivity index (χ0v) is 17.5. The lowest BCUT2D eigenvalue weighted by Crippen LogP contribution is -2.24. The molecule has 0 aliphatic carbocycles. The maximum atomic E-state index is 14.0. The highest BCUT2D eigenvalue weighted by molar-refractivity contribution is 7.90. The van der Waals surface area contributed by atoms with E-state index in [0.717, 1.165) is 40.1 Å². The summed E-state index contributed by atoms with van der Waals surface area (Å²) in [5.74, 6) is -0.417. The van der Waals surface area contributed by atoms with Gasteiger partial charge >= 0.3 is 0 Å². The Balaban J connectivity index is 1.72. The molecule has 2 aromatic carbocycles. The summed E-state index contributed by atoms with van der Waals surface area (Å²) in [6.07, 6.45) is 4.65. The number of rotatable bonds is 3. The van der Waals surface area contributed by atoms with Gasteiger partial charge in [-0.3, -0.25) is 0 Å². The fourth-order valence-corrected chi connectivity index (χ4v) is 5.28. The summed E-state index contributed by atoms with van der Waals surface area (Å²) in [4.78, 5) is 2.31. The Morgan fingerprint density at radius 3 is 2.63 bits per heavy atom. The topological polar surface area (TPSA) is 60.1 Å². The number of halogens is 1. The number of aromatic nitrogens is 3. The van der Waals surface area contributed by atoms with Gasteiger partial charge in [0.25, 0.3) is 10.0 Å². The van der Waals surface area contributed by atoms with Crippen LogP contribution in [0.15, 0.2) is 59.6 Å². The highest BCUT2D eigenvalue weighted by atomic mass is 32.2. The van der Waals surface area contributed by atoms with Gasteiger partial charge in [-0.2, -0.15) is 17.6 Å². The van der Waals surface area contributed by atoms with E-state index in [2.05, 4.69) is 10.00 Å². The zero-order chi connectivity index (χ0) is 21.0. The van der Waals surface area contributed by atoms with Crippen LogP contribution in [0.2, 0.25) is 0 Å². The zero-order valence-electron chi connectivity index (χ0n) is 16.7. The molecule has 0 bridgehead atoms. The Morgan fingerprint density at radius 2 is 1.87 bits per heavy atom. The first-order valence-corrected chi connectivity index (χ1v) is 11.2. The second-order valence-electron chi connectivity index (χ2n) is 7.75. The Hall–Kier alpha value is -2.97. The summed E-state index contributed by atoms with van der Waals surface area (Å²) in [5.41, 5.74) is 2.66. The van der Waals surface area contributed by atoms with E-state index in [9.17, 15) is 12.8 Å². The van der Waals surface area contributed by atoms with Crippen molar-refractivity contribution in [3.63, 3.8) is 0 Å². The average Bonchev–Trinajstić information content (AvgIpc) is 3.29. The van der Waals surface area contributed by atoms with Gasteiger partial charge in [-0.15, -0.1) is 0 Å². The predicted molar refractivity (Wildman–Crippen MR) is 115 cm³/mol. The van der Waals surface area contributed by atoms with Crippen LogP contribution in [-0.2, 0) is 17.1 Å². The van der Waals surface area contributed by atoms with Crippen molar-refractivity contribution in [1.29, 1.82) is 0 Å². The van der Waals surface area contributed by atoms with Gasteiger partial charge < -0.3 is 9.47 Å². The molecule has 1 aliphatic heterocycles. The quantitative estimate of drug-likeness (QED) is 0.504. The summed E-state index contributed by atoms with van der Waals surface area (Å²) in [6, 6.07) is 11.1. The molecule has 0 spiro atoms. The summed E-state index contributed by atoms with van der Waals surface area (Å²) in [7, 11) is -0.0688. The van der Waals surface area contributed by atoms with E-state index in [1.54, 1.807) is 18.2 Å². The van der Waals surface area contributed by atoms with Crippen molar-refractivity contribution < 1.29 is 12.8 Å². The molecular formula is C22H21FN4O2S. The normalized spacial score (nSPS) is 15.8. The van der Waals surface area contributed by atoms with Crippen molar-refractivity contribution in [2.45, 2.75) is 11.3 Å². The van der Waals surface area contributed by atoms with Crippen LogP contribution in [0.5, 0.6) is 0 Å². The van der Waals surface area contributed by atoms with Crippen molar-refractivity contribution in [3.8, 4) is 0 Å². The molecule has 0 saturated carbocycles. The number of hydrogen-bond donors (Lipinski definition) is 0.